The molecule has 0 unspecified atom stereocenters. The van der Waals surface area contributed by atoms with Crippen molar-refractivity contribution in [3.05, 3.63) is 18.0 Å². The molecule has 1 amide bonds. The molecule has 1 saturated carbocycles. The van der Waals surface area contributed by atoms with Crippen molar-refractivity contribution < 1.29 is 9.53 Å². The minimum absolute atomic E-state index is 0.166. The van der Waals surface area contributed by atoms with Gasteiger partial charge < -0.3 is 15.0 Å². The van der Waals surface area contributed by atoms with E-state index in [1.54, 1.807) is 6.20 Å². The third-order valence-corrected chi connectivity index (χ3v) is 4.16. The van der Waals surface area contributed by atoms with Crippen LogP contribution in [-0.4, -0.2) is 42.2 Å². The van der Waals surface area contributed by atoms with Crippen LogP contribution in [0.15, 0.2) is 12.3 Å². The fourth-order valence-electron chi connectivity index (χ4n) is 2.91. The zero-order valence-corrected chi connectivity index (χ0v) is 12.3. The van der Waals surface area contributed by atoms with Crippen molar-refractivity contribution in [3.8, 4) is 0 Å². The fourth-order valence-corrected chi connectivity index (χ4v) is 2.91. The number of carbonyl (C=O) groups excluding carboxylic acids is 1. The third kappa shape index (κ3) is 3.69. The molecule has 6 heteroatoms. The van der Waals surface area contributed by atoms with Gasteiger partial charge in [-0.2, -0.15) is 0 Å². The molecule has 0 atom stereocenters. The molecule has 0 aromatic carbocycles. The predicted octanol–water partition coefficient (Wildman–Crippen LogP) is 1.12. The second-order valence-corrected chi connectivity index (χ2v) is 5.65. The molecular weight excluding hydrogens is 268 g/mol. The summed E-state index contributed by atoms with van der Waals surface area (Å²) in [5.74, 6) is 1.09. The van der Waals surface area contributed by atoms with Crippen molar-refractivity contribution in [2.24, 2.45) is 5.92 Å². The van der Waals surface area contributed by atoms with Crippen molar-refractivity contribution in [2.75, 3.05) is 31.2 Å². The highest BCUT2D eigenvalue weighted by atomic mass is 16.5. The van der Waals surface area contributed by atoms with E-state index in [4.69, 9.17) is 4.74 Å². The summed E-state index contributed by atoms with van der Waals surface area (Å²) in [6.45, 7) is 3.54. The number of rotatable bonds is 4. The number of morpholine rings is 1. The van der Waals surface area contributed by atoms with E-state index in [1.807, 2.05) is 6.07 Å². The van der Waals surface area contributed by atoms with Crippen LogP contribution in [0.4, 0.5) is 5.95 Å². The molecule has 1 aliphatic carbocycles. The molecule has 1 aliphatic heterocycles. The van der Waals surface area contributed by atoms with Gasteiger partial charge in [0.25, 0.3) is 0 Å². The van der Waals surface area contributed by atoms with E-state index in [2.05, 4.69) is 20.2 Å². The predicted molar refractivity (Wildman–Crippen MR) is 78.9 cm³/mol. The number of anilines is 1. The number of nitrogens with zero attached hydrogens (tertiary/aromatic N) is 3. The van der Waals surface area contributed by atoms with Gasteiger partial charge in [-0.15, -0.1) is 0 Å². The topological polar surface area (TPSA) is 67.4 Å². The zero-order chi connectivity index (χ0) is 14.5. The first-order chi connectivity index (χ1) is 10.3. The molecule has 2 heterocycles. The Hall–Kier alpha value is -1.69. The van der Waals surface area contributed by atoms with Crippen LogP contribution in [-0.2, 0) is 16.1 Å². The highest BCUT2D eigenvalue weighted by Crippen LogP contribution is 2.24. The molecule has 21 heavy (non-hydrogen) atoms. The van der Waals surface area contributed by atoms with E-state index in [0.717, 1.165) is 37.6 Å². The summed E-state index contributed by atoms with van der Waals surface area (Å²) in [5.41, 5.74) is 0.859. The Kier molecular flexibility index (Phi) is 4.65. The Morgan fingerprint density at radius 1 is 1.33 bits per heavy atom. The Balaban J connectivity index is 1.56. The lowest BCUT2D eigenvalue weighted by Gasteiger charge is -2.26. The highest BCUT2D eigenvalue weighted by Gasteiger charge is 2.22. The molecule has 0 radical (unpaired) electrons. The largest absolute Gasteiger partial charge is 0.378 e. The molecule has 0 spiro atoms. The molecule has 1 aromatic rings. The van der Waals surface area contributed by atoms with E-state index in [0.29, 0.717) is 19.8 Å². The Labute approximate surface area is 124 Å². The minimum atomic E-state index is 0.166. The number of ether oxygens (including phenoxy) is 1. The number of amides is 1. The molecule has 2 aliphatic rings. The first-order valence-electron chi connectivity index (χ1n) is 7.75. The van der Waals surface area contributed by atoms with E-state index in [-0.39, 0.29) is 11.8 Å². The molecule has 0 bridgehead atoms. The smallest absolute Gasteiger partial charge is 0.225 e. The Bertz CT molecular complexity index is 482. The van der Waals surface area contributed by atoms with E-state index in [9.17, 15) is 4.79 Å². The van der Waals surface area contributed by atoms with Crippen molar-refractivity contribution in [1.82, 2.24) is 15.3 Å². The standard InChI is InChI=1S/C15H22N4O2/c20-14(12-3-1-2-4-12)17-11-13-5-6-16-15(18-13)19-7-9-21-10-8-19/h5-6,12H,1-4,7-11H2,(H,17,20). The van der Waals surface area contributed by atoms with E-state index in [1.165, 1.54) is 12.8 Å². The second-order valence-electron chi connectivity index (χ2n) is 5.65. The lowest BCUT2D eigenvalue weighted by Crippen LogP contribution is -2.37. The van der Waals surface area contributed by atoms with Gasteiger partial charge in [0.15, 0.2) is 0 Å². The second kappa shape index (κ2) is 6.85. The number of hydrogen-bond acceptors (Lipinski definition) is 5. The van der Waals surface area contributed by atoms with Crippen molar-refractivity contribution in [1.29, 1.82) is 0 Å². The van der Waals surface area contributed by atoms with Crippen molar-refractivity contribution >= 4 is 11.9 Å². The van der Waals surface area contributed by atoms with E-state index < -0.39 is 0 Å². The van der Waals surface area contributed by atoms with Crippen LogP contribution in [0.5, 0.6) is 0 Å². The molecule has 114 valence electrons. The van der Waals surface area contributed by atoms with Gasteiger partial charge in [0.2, 0.25) is 11.9 Å². The van der Waals surface area contributed by atoms with Crippen LogP contribution in [0.3, 0.4) is 0 Å². The van der Waals surface area contributed by atoms with Crippen LogP contribution in [0, 0.1) is 5.92 Å². The normalized spacial score (nSPS) is 19.7. The maximum atomic E-state index is 12.0. The number of nitrogens with one attached hydrogen (secondary N) is 1. The molecule has 2 fully saturated rings. The van der Waals surface area contributed by atoms with Gasteiger partial charge in [-0.05, 0) is 18.9 Å². The summed E-state index contributed by atoms with van der Waals surface area (Å²) in [5, 5.41) is 3.00. The van der Waals surface area contributed by atoms with Crippen molar-refractivity contribution in [2.45, 2.75) is 32.2 Å². The van der Waals surface area contributed by atoms with Crippen molar-refractivity contribution in [3.63, 3.8) is 0 Å². The quantitative estimate of drug-likeness (QED) is 0.900. The molecule has 3 rings (SSSR count). The monoisotopic (exact) mass is 290 g/mol. The van der Waals surface area contributed by atoms with Gasteiger partial charge in [0.05, 0.1) is 25.5 Å². The summed E-state index contributed by atoms with van der Waals surface area (Å²) in [4.78, 5) is 23.0. The average molecular weight is 290 g/mol. The first-order valence-corrected chi connectivity index (χ1v) is 7.75. The molecule has 1 saturated heterocycles. The number of aromatic nitrogens is 2. The SMILES string of the molecule is O=C(NCc1ccnc(N2CCOCC2)n1)C1CCCC1. The van der Waals surface area contributed by atoms with Crippen LogP contribution in [0.1, 0.15) is 31.4 Å². The van der Waals surface area contributed by atoms with Crippen LogP contribution in [0.25, 0.3) is 0 Å². The van der Waals surface area contributed by atoms with Crippen LogP contribution in [0.2, 0.25) is 0 Å². The van der Waals surface area contributed by atoms with Crippen LogP contribution >= 0.6 is 0 Å². The number of carbonyl (C=O) groups is 1. The summed E-state index contributed by atoms with van der Waals surface area (Å²) >= 11 is 0. The van der Waals surface area contributed by atoms with Gasteiger partial charge in [-0.3, -0.25) is 4.79 Å². The Morgan fingerprint density at radius 2 is 2.10 bits per heavy atom. The van der Waals surface area contributed by atoms with Gasteiger partial charge in [0, 0.05) is 25.2 Å². The maximum absolute atomic E-state index is 12.0. The lowest BCUT2D eigenvalue weighted by atomic mass is 10.1. The highest BCUT2D eigenvalue weighted by molar-refractivity contribution is 5.78. The van der Waals surface area contributed by atoms with Gasteiger partial charge in [-0.1, -0.05) is 12.8 Å². The van der Waals surface area contributed by atoms with Gasteiger partial charge in [0.1, 0.15) is 0 Å². The fraction of sp³-hybridized carbons (Fsp3) is 0.667. The summed E-state index contributed by atoms with van der Waals surface area (Å²) < 4.78 is 5.33. The third-order valence-electron chi connectivity index (χ3n) is 4.16. The molecule has 1 N–H and O–H groups in total. The summed E-state index contributed by atoms with van der Waals surface area (Å²) in [6.07, 6.45) is 6.15. The Morgan fingerprint density at radius 3 is 2.86 bits per heavy atom. The van der Waals surface area contributed by atoms with Gasteiger partial charge in [-0.25, -0.2) is 9.97 Å². The molecule has 6 nitrogen and oxygen atoms in total. The maximum Gasteiger partial charge on any atom is 0.225 e. The minimum Gasteiger partial charge on any atom is -0.378 e. The van der Waals surface area contributed by atoms with E-state index >= 15 is 0 Å². The van der Waals surface area contributed by atoms with Crippen LogP contribution < -0.4 is 10.2 Å². The summed E-state index contributed by atoms with van der Waals surface area (Å²) in [6, 6.07) is 1.86. The molecular formula is C15H22N4O2. The average Bonchev–Trinajstić information content (AvgIpc) is 3.08. The van der Waals surface area contributed by atoms with Gasteiger partial charge >= 0.3 is 0 Å². The summed E-state index contributed by atoms with van der Waals surface area (Å²) in [7, 11) is 0. The lowest BCUT2D eigenvalue weighted by molar-refractivity contribution is -0.124. The number of hydrogen-bond donors (Lipinski definition) is 1. The first kappa shape index (κ1) is 14.3. The zero-order valence-electron chi connectivity index (χ0n) is 12.3. The molecule has 1 aromatic heterocycles.